The third kappa shape index (κ3) is 3.61. The number of phenols is 1. The molecule has 0 radical (unpaired) electrons. The van der Waals surface area contributed by atoms with Crippen LogP contribution >= 0.6 is 0 Å². The molecular weight excluding hydrogens is 204 g/mol. The normalized spacial score (nSPS) is 10.3. The molecule has 0 bridgehead atoms. The smallest absolute Gasteiger partial charge is 0.161 e. The Bertz CT molecular complexity index is 419. The lowest BCUT2D eigenvalue weighted by Gasteiger charge is -2.05. The van der Waals surface area contributed by atoms with Gasteiger partial charge in [0.05, 0.1) is 0 Å². The number of rotatable bonds is 5. The molecule has 0 aliphatic rings. The molecule has 0 spiro atoms. The van der Waals surface area contributed by atoms with Crippen molar-refractivity contribution in [1.29, 1.82) is 0 Å². The van der Waals surface area contributed by atoms with Gasteiger partial charge in [0.15, 0.2) is 17.3 Å². The van der Waals surface area contributed by atoms with Gasteiger partial charge in [0.2, 0.25) is 0 Å². The highest BCUT2D eigenvalue weighted by Gasteiger charge is 2.01. The van der Waals surface area contributed by atoms with E-state index in [9.17, 15) is 9.90 Å². The van der Waals surface area contributed by atoms with Crippen molar-refractivity contribution in [2.75, 3.05) is 6.61 Å². The first kappa shape index (κ1) is 12.0. The molecule has 16 heavy (non-hydrogen) atoms. The summed E-state index contributed by atoms with van der Waals surface area (Å²) >= 11 is 0. The number of carbonyl (C=O) groups excluding carboxylic acids is 1. The van der Waals surface area contributed by atoms with Gasteiger partial charge >= 0.3 is 0 Å². The Labute approximate surface area is 94.7 Å². The Balaban J connectivity index is 2.82. The van der Waals surface area contributed by atoms with Crippen molar-refractivity contribution in [3.8, 4) is 11.5 Å². The lowest BCUT2D eigenvalue weighted by Crippen LogP contribution is -1.93. The summed E-state index contributed by atoms with van der Waals surface area (Å²) in [7, 11) is 0. The molecule has 0 atom stereocenters. The minimum Gasteiger partial charge on any atom is -0.504 e. The van der Waals surface area contributed by atoms with Gasteiger partial charge in [-0.1, -0.05) is 24.8 Å². The largest absolute Gasteiger partial charge is 0.504 e. The number of carbonyl (C=O) groups is 1. The van der Waals surface area contributed by atoms with Gasteiger partial charge in [-0.05, 0) is 30.7 Å². The highest BCUT2D eigenvalue weighted by Crippen LogP contribution is 2.27. The number of aromatic hydroxyl groups is 1. The van der Waals surface area contributed by atoms with Gasteiger partial charge in [-0.3, -0.25) is 4.79 Å². The van der Waals surface area contributed by atoms with E-state index in [1.807, 2.05) is 0 Å². The van der Waals surface area contributed by atoms with E-state index in [1.54, 1.807) is 24.3 Å². The molecule has 1 aromatic carbocycles. The summed E-state index contributed by atoms with van der Waals surface area (Å²) in [5.41, 5.74) is 0.749. The van der Waals surface area contributed by atoms with Crippen LogP contribution in [0.3, 0.4) is 0 Å². The average Bonchev–Trinajstić information content (AvgIpc) is 2.25. The second kappa shape index (κ2) is 5.75. The lowest BCUT2D eigenvalue weighted by molar-refractivity contribution is -0.112. The highest BCUT2D eigenvalue weighted by atomic mass is 16.5. The number of ether oxygens (including phenoxy) is 1. The lowest BCUT2D eigenvalue weighted by atomic mass is 10.2. The van der Waals surface area contributed by atoms with E-state index in [0.717, 1.165) is 5.56 Å². The van der Waals surface area contributed by atoms with Crippen molar-refractivity contribution in [3.63, 3.8) is 0 Å². The molecule has 0 amide bonds. The molecule has 1 aromatic rings. The number of ketones is 1. The van der Waals surface area contributed by atoms with Crippen LogP contribution in [0.5, 0.6) is 11.5 Å². The zero-order chi connectivity index (χ0) is 12.0. The van der Waals surface area contributed by atoms with Crippen molar-refractivity contribution >= 4 is 11.9 Å². The fraction of sp³-hybridized carbons (Fsp3) is 0.154. The van der Waals surface area contributed by atoms with Gasteiger partial charge in [-0.15, -0.1) is 0 Å². The number of benzene rings is 1. The van der Waals surface area contributed by atoms with E-state index in [2.05, 4.69) is 6.58 Å². The maximum absolute atomic E-state index is 10.7. The van der Waals surface area contributed by atoms with Crippen molar-refractivity contribution < 1.29 is 14.6 Å². The van der Waals surface area contributed by atoms with Crippen LogP contribution in [-0.4, -0.2) is 17.5 Å². The summed E-state index contributed by atoms with van der Waals surface area (Å²) in [5, 5.41) is 9.61. The number of phenolic OH excluding ortho intramolecular Hbond substituents is 1. The Morgan fingerprint density at radius 1 is 1.56 bits per heavy atom. The summed E-state index contributed by atoms with van der Waals surface area (Å²) < 4.78 is 5.21. The molecule has 0 heterocycles. The molecule has 0 saturated carbocycles. The molecule has 0 aromatic heterocycles. The highest BCUT2D eigenvalue weighted by molar-refractivity contribution is 5.91. The van der Waals surface area contributed by atoms with Gasteiger partial charge < -0.3 is 9.84 Å². The Morgan fingerprint density at radius 3 is 2.88 bits per heavy atom. The van der Waals surface area contributed by atoms with Crippen molar-refractivity contribution in [2.45, 2.75) is 6.92 Å². The maximum atomic E-state index is 10.7. The molecule has 1 N–H and O–H groups in total. The van der Waals surface area contributed by atoms with Crippen molar-refractivity contribution in [3.05, 3.63) is 42.5 Å². The topological polar surface area (TPSA) is 46.5 Å². The van der Waals surface area contributed by atoms with Crippen LogP contribution in [0.1, 0.15) is 12.5 Å². The molecule has 0 saturated heterocycles. The van der Waals surface area contributed by atoms with Crippen LogP contribution in [-0.2, 0) is 4.79 Å². The molecule has 1 rings (SSSR count). The van der Waals surface area contributed by atoms with Gasteiger partial charge in [-0.2, -0.15) is 0 Å². The SMILES string of the molecule is C=CCOc1ccc(C=CC(C)=O)cc1O. The fourth-order valence-electron chi connectivity index (χ4n) is 1.12. The molecule has 3 nitrogen and oxygen atoms in total. The van der Waals surface area contributed by atoms with Crippen LogP contribution in [0.25, 0.3) is 6.08 Å². The Morgan fingerprint density at radius 2 is 2.31 bits per heavy atom. The second-order valence-corrected chi connectivity index (χ2v) is 3.27. The molecule has 0 aliphatic carbocycles. The van der Waals surface area contributed by atoms with Crippen molar-refractivity contribution in [1.82, 2.24) is 0 Å². The Hall–Kier alpha value is -2.03. The second-order valence-electron chi connectivity index (χ2n) is 3.27. The van der Waals surface area contributed by atoms with Gasteiger partial charge in [0.25, 0.3) is 0 Å². The molecule has 3 heteroatoms. The third-order valence-electron chi connectivity index (χ3n) is 1.85. The first-order chi connectivity index (χ1) is 7.63. The van der Waals surface area contributed by atoms with Crippen LogP contribution in [0.2, 0.25) is 0 Å². The zero-order valence-corrected chi connectivity index (χ0v) is 9.14. The predicted molar refractivity (Wildman–Crippen MR) is 63.5 cm³/mol. The first-order valence-electron chi connectivity index (χ1n) is 4.89. The molecule has 0 aliphatic heterocycles. The number of hydrogen-bond acceptors (Lipinski definition) is 3. The van der Waals surface area contributed by atoms with E-state index >= 15 is 0 Å². The van der Waals surface area contributed by atoms with E-state index in [-0.39, 0.29) is 11.5 Å². The fourth-order valence-corrected chi connectivity index (χ4v) is 1.12. The summed E-state index contributed by atoms with van der Waals surface area (Å²) in [4.78, 5) is 10.7. The summed E-state index contributed by atoms with van der Waals surface area (Å²) in [6.45, 7) is 5.33. The Kier molecular flexibility index (Phi) is 4.33. The van der Waals surface area contributed by atoms with Crippen LogP contribution in [0, 0.1) is 0 Å². The molecular formula is C13H14O3. The van der Waals surface area contributed by atoms with E-state index < -0.39 is 0 Å². The molecule has 84 valence electrons. The van der Waals surface area contributed by atoms with Gasteiger partial charge in [0.1, 0.15) is 6.61 Å². The first-order valence-corrected chi connectivity index (χ1v) is 4.89. The predicted octanol–water partition coefficient (Wildman–Crippen LogP) is 2.56. The molecule has 0 fully saturated rings. The van der Waals surface area contributed by atoms with Gasteiger partial charge in [-0.25, -0.2) is 0 Å². The average molecular weight is 218 g/mol. The maximum Gasteiger partial charge on any atom is 0.161 e. The van der Waals surface area contributed by atoms with E-state index in [0.29, 0.717) is 12.4 Å². The van der Waals surface area contributed by atoms with Crippen LogP contribution < -0.4 is 4.74 Å². The van der Waals surface area contributed by atoms with Gasteiger partial charge in [0, 0.05) is 0 Å². The zero-order valence-electron chi connectivity index (χ0n) is 9.14. The summed E-state index contributed by atoms with van der Waals surface area (Å²) in [6.07, 6.45) is 4.68. The van der Waals surface area contributed by atoms with Crippen LogP contribution in [0.15, 0.2) is 36.9 Å². The minimum absolute atomic E-state index is 0.0357. The monoisotopic (exact) mass is 218 g/mol. The summed E-state index contributed by atoms with van der Waals surface area (Å²) in [6, 6.07) is 4.95. The number of hydrogen-bond donors (Lipinski definition) is 1. The number of allylic oxidation sites excluding steroid dienone is 1. The standard InChI is InChI=1S/C13H14O3/c1-3-8-16-13-7-6-11(9-12(13)15)5-4-10(2)14/h3-7,9,15H,1,8H2,2H3. The van der Waals surface area contributed by atoms with E-state index in [1.165, 1.54) is 19.1 Å². The third-order valence-corrected chi connectivity index (χ3v) is 1.85. The van der Waals surface area contributed by atoms with Crippen LogP contribution in [0.4, 0.5) is 0 Å². The van der Waals surface area contributed by atoms with E-state index in [4.69, 9.17) is 4.74 Å². The summed E-state index contributed by atoms with van der Waals surface area (Å²) in [5.74, 6) is 0.416. The quantitative estimate of drug-likeness (QED) is 0.610. The molecule has 0 unspecified atom stereocenters. The van der Waals surface area contributed by atoms with Crippen molar-refractivity contribution in [2.24, 2.45) is 0 Å². The minimum atomic E-state index is -0.0357.